The molecule has 1 aliphatic heterocycles. The molecule has 134 valence electrons. The topological polar surface area (TPSA) is 95.6 Å². The Bertz CT molecular complexity index is 836. The molecule has 9 heteroatoms. The monoisotopic (exact) mass is 364 g/mol. The molecule has 25 heavy (non-hydrogen) atoms. The first kappa shape index (κ1) is 17.4. The van der Waals surface area contributed by atoms with Crippen molar-refractivity contribution < 1.29 is 17.9 Å². The third kappa shape index (κ3) is 3.52. The number of hydrogen-bond acceptors (Lipinski definition) is 5. The van der Waals surface area contributed by atoms with Gasteiger partial charge in [0.05, 0.1) is 11.4 Å². The lowest BCUT2D eigenvalue weighted by Gasteiger charge is -2.33. The van der Waals surface area contributed by atoms with Crippen molar-refractivity contribution in [1.29, 1.82) is 0 Å². The molecule has 3 rings (SSSR count). The third-order valence-corrected chi connectivity index (χ3v) is 6.27. The molecule has 1 saturated heterocycles. The molecule has 1 amide bonds. The smallest absolute Gasteiger partial charge is 0.410 e. The molecule has 1 aliphatic rings. The van der Waals surface area contributed by atoms with Crippen LogP contribution >= 0.6 is 0 Å². The van der Waals surface area contributed by atoms with Crippen LogP contribution in [0, 0.1) is 13.8 Å². The maximum absolute atomic E-state index is 12.8. The maximum Gasteiger partial charge on any atom is 0.415 e. The first-order chi connectivity index (χ1) is 11.9. The number of carbonyl (C=O) groups is 1. The average Bonchev–Trinajstić information content (AvgIpc) is 2.95. The fourth-order valence-corrected chi connectivity index (χ4v) is 4.57. The Hall–Kier alpha value is -2.39. The summed E-state index contributed by atoms with van der Waals surface area (Å²) < 4.78 is 32.2. The Kier molecular flexibility index (Phi) is 4.78. The summed E-state index contributed by atoms with van der Waals surface area (Å²) in [5.41, 5.74) is 0.965. The van der Waals surface area contributed by atoms with E-state index in [1.165, 1.54) is 9.21 Å². The molecular formula is C16H20N4O4S. The second-order valence-corrected chi connectivity index (χ2v) is 7.71. The number of aromatic nitrogens is 2. The summed E-state index contributed by atoms with van der Waals surface area (Å²) in [4.78, 5) is 13.9. The Labute approximate surface area is 146 Å². The average molecular weight is 364 g/mol. The first-order valence-corrected chi connectivity index (χ1v) is 9.37. The number of hydrogen-bond donors (Lipinski definition) is 1. The van der Waals surface area contributed by atoms with E-state index in [4.69, 9.17) is 4.74 Å². The minimum absolute atomic E-state index is 0.216. The SMILES string of the molecule is Cc1n[nH]c(C)c1S(=O)(=O)N1CCN(C(=O)Oc2ccccc2)CC1. The largest absolute Gasteiger partial charge is 0.415 e. The summed E-state index contributed by atoms with van der Waals surface area (Å²) in [7, 11) is -3.63. The van der Waals surface area contributed by atoms with E-state index in [1.54, 1.807) is 38.1 Å². The number of piperazine rings is 1. The van der Waals surface area contributed by atoms with Crippen LogP contribution in [0.5, 0.6) is 5.75 Å². The van der Waals surface area contributed by atoms with Crippen LogP contribution in [0.15, 0.2) is 35.2 Å². The molecule has 0 atom stereocenters. The zero-order valence-corrected chi connectivity index (χ0v) is 14.9. The number of ether oxygens (including phenoxy) is 1. The summed E-state index contributed by atoms with van der Waals surface area (Å²) in [6.45, 7) is 4.33. The van der Waals surface area contributed by atoms with Crippen LogP contribution in [0.25, 0.3) is 0 Å². The zero-order valence-electron chi connectivity index (χ0n) is 14.1. The van der Waals surface area contributed by atoms with Crippen LogP contribution in [0.1, 0.15) is 11.4 Å². The van der Waals surface area contributed by atoms with Crippen molar-refractivity contribution in [3.63, 3.8) is 0 Å². The van der Waals surface area contributed by atoms with Gasteiger partial charge in [-0.05, 0) is 26.0 Å². The Morgan fingerprint density at radius 2 is 1.76 bits per heavy atom. The van der Waals surface area contributed by atoms with Gasteiger partial charge < -0.3 is 9.64 Å². The van der Waals surface area contributed by atoms with E-state index in [-0.39, 0.29) is 31.1 Å². The van der Waals surface area contributed by atoms with Gasteiger partial charge in [-0.25, -0.2) is 13.2 Å². The van der Waals surface area contributed by atoms with Crippen LogP contribution in [0.3, 0.4) is 0 Å². The number of sulfonamides is 1. The van der Waals surface area contributed by atoms with E-state index >= 15 is 0 Å². The Morgan fingerprint density at radius 1 is 1.12 bits per heavy atom. The van der Waals surface area contributed by atoms with Crippen molar-refractivity contribution in [1.82, 2.24) is 19.4 Å². The molecule has 0 spiro atoms. The van der Waals surface area contributed by atoms with E-state index in [1.807, 2.05) is 6.07 Å². The van der Waals surface area contributed by atoms with Crippen molar-refractivity contribution in [2.24, 2.45) is 0 Å². The number of H-pyrrole nitrogens is 1. The van der Waals surface area contributed by atoms with Crippen molar-refractivity contribution in [3.8, 4) is 5.75 Å². The van der Waals surface area contributed by atoms with Gasteiger partial charge in [-0.1, -0.05) is 18.2 Å². The summed E-state index contributed by atoms with van der Waals surface area (Å²) >= 11 is 0. The number of benzene rings is 1. The van der Waals surface area contributed by atoms with Crippen molar-refractivity contribution in [2.45, 2.75) is 18.7 Å². The van der Waals surface area contributed by atoms with Crippen molar-refractivity contribution in [3.05, 3.63) is 41.7 Å². The predicted octanol–water partition coefficient (Wildman–Crippen LogP) is 1.53. The Morgan fingerprint density at radius 3 is 2.32 bits per heavy atom. The minimum atomic E-state index is -3.63. The van der Waals surface area contributed by atoms with Gasteiger partial charge in [-0.3, -0.25) is 5.10 Å². The summed E-state index contributed by atoms with van der Waals surface area (Å²) in [6, 6.07) is 8.79. The molecule has 0 saturated carbocycles. The van der Waals surface area contributed by atoms with Crippen molar-refractivity contribution in [2.75, 3.05) is 26.2 Å². The van der Waals surface area contributed by atoms with Crippen LogP contribution in [-0.4, -0.2) is 60.1 Å². The van der Waals surface area contributed by atoms with Gasteiger partial charge in [-0.2, -0.15) is 9.40 Å². The molecule has 0 aliphatic carbocycles. The zero-order chi connectivity index (χ0) is 18.0. The lowest BCUT2D eigenvalue weighted by atomic mass is 10.3. The van der Waals surface area contributed by atoms with Crippen LogP contribution in [0.2, 0.25) is 0 Å². The van der Waals surface area contributed by atoms with Gasteiger partial charge in [-0.15, -0.1) is 0 Å². The highest BCUT2D eigenvalue weighted by Crippen LogP contribution is 2.23. The highest BCUT2D eigenvalue weighted by atomic mass is 32.2. The molecule has 0 unspecified atom stereocenters. The molecule has 1 fully saturated rings. The summed E-state index contributed by atoms with van der Waals surface area (Å²) in [5, 5.41) is 6.65. The fourth-order valence-electron chi connectivity index (χ4n) is 2.81. The highest BCUT2D eigenvalue weighted by Gasteiger charge is 2.33. The quantitative estimate of drug-likeness (QED) is 0.891. The Balaban J connectivity index is 1.65. The number of rotatable bonds is 3. The first-order valence-electron chi connectivity index (χ1n) is 7.93. The lowest BCUT2D eigenvalue weighted by Crippen LogP contribution is -2.51. The summed E-state index contributed by atoms with van der Waals surface area (Å²) in [5.74, 6) is 0.465. The molecule has 1 aromatic carbocycles. The molecule has 1 aromatic heterocycles. The highest BCUT2D eigenvalue weighted by molar-refractivity contribution is 7.89. The second-order valence-electron chi connectivity index (χ2n) is 5.84. The summed E-state index contributed by atoms with van der Waals surface area (Å²) in [6.07, 6.45) is -0.473. The van der Waals surface area contributed by atoms with Gasteiger partial charge >= 0.3 is 6.09 Å². The molecule has 1 N–H and O–H groups in total. The molecule has 2 heterocycles. The molecule has 8 nitrogen and oxygen atoms in total. The van der Waals surface area contributed by atoms with E-state index in [0.29, 0.717) is 17.1 Å². The second kappa shape index (κ2) is 6.85. The minimum Gasteiger partial charge on any atom is -0.410 e. The number of amides is 1. The fraction of sp³-hybridized carbons (Fsp3) is 0.375. The molecule has 2 aromatic rings. The number of carbonyl (C=O) groups excluding carboxylic acids is 1. The van der Waals surface area contributed by atoms with Gasteiger partial charge in [0, 0.05) is 26.2 Å². The normalized spacial score (nSPS) is 16.0. The molecular weight excluding hydrogens is 344 g/mol. The van der Waals surface area contributed by atoms with Crippen molar-refractivity contribution >= 4 is 16.1 Å². The number of nitrogens with zero attached hydrogens (tertiary/aromatic N) is 3. The van der Waals surface area contributed by atoms with Gasteiger partial charge in [0.1, 0.15) is 10.6 Å². The van der Waals surface area contributed by atoms with Crippen LogP contribution in [0.4, 0.5) is 4.79 Å². The van der Waals surface area contributed by atoms with Gasteiger partial charge in [0.2, 0.25) is 10.0 Å². The number of aromatic amines is 1. The van der Waals surface area contributed by atoms with E-state index < -0.39 is 16.1 Å². The number of para-hydroxylation sites is 1. The number of nitrogens with one attached hydrogen (secondary N) is 1. The molecule has 0 radical (unpaired) electrons. The van der Waals surface area contributed by atoms with E-state index in [2.05, 4.69) is 10.2 Å². The lowest BCUT2D eigenvalue weighted by molar-refractivity contribution is 0.132. The maximum atomic E-state index is 12.8. The van der Waals surface area contributed by atoms with E-state index in [0.717, 1.165) is 0 Å². The van der Waals surface area contributed by atoms with Crippen LogP contribution < -0.4 is 4.74 Å². The third-order valence-electron chi connectivity index (χ3n) is 4.10. The molecule has 0 bridgehead atoms. The van der Waals surface area contributed by atoms with Gasteiger partial charge in [0.15, 0.2) is 0 Å². The predicted molar refractivity (Wildman–Crippen MR) is 90.9 cm³/mol. The number of aryl methyl sites for hydroxylation is 2. The van der Waals surface area contributed by atoms with Crippen LogP contribution in [-0.2, 0) is 10.0 Å². The van der Waals surface area contributed by atoms with E-state index in [9.17, 15) is 13.2 Å². The van der Waals surface area contributed by atoms with Gasteiger partial charge in [0.25, 0.3) is 0 Å². The standard InChI is InChI=1S/C16H20N4O4S/c1-12-15(13(2)18-17-12)25(22,23)20-10-8-19(9-11-20)16(21)24-14-6-4-3-5-7-14/h3-7H,8-11H2,1-2H3,(H,17,18).